The topological polar surface area (TPSA) is 309 Å². The first-order valence-electron chi connectivity index (χ1n) is 20.9. The highest BCUT2D eigenvalue weighted by molar-refractivity contribution is 5.76. The molecule has 2 atom stereocenters. The predicted octanol–water partition coefficient (Wildman–Crippen LogP) is 2.29. The first-order chi connectivity index (χ1) is 27.9. The molecule has 17 heteroatoms. The van der Waals surface area contributed by atoms with Gasteiger partial charge >= 0.3 is 5.97 Å². The number of carbonyl (C=O) groups is 4. The number of rotatable bonds is 26. The molecule has 0 spiro atoms. The van der Waals surface area contributed by atoms with Crippen LogP contribution in [-0.4, -0.2) is 171 Å². The Bertz CT molecular complexity index is 749. The van der Waals surface area contributed by atoms with Gasteiger partial charge < -0.3 is 80.0 Å². The molecule has 0 rings (SSSR count). The van der Waals surface area contributed by atoms with Crippen LogP contribution in [0.3, 0.4) is 0 Å². The Balaban J connectivity index is -0.0000000844. The van der Waals surface area contributed by atoms with Crippen LogP contribution in [0.25, 0.3) is 0 Å². The lowest BCUT2D eigenvalue weighted by Crippen LogP contribution is -2.14. The fraction of sp³-hybridized carbons (Fsp3) is 0.905. The zero-order valence-electron chi connectivity index (χ0n) is 38.4. The molecule has 0 aromatic rings. The molecule has 0 radical (unpaired) electrons. The molecule has 0 aliphatic rings. The number of unbranched alkanes of at least 4 members (excludes halogenated alkanes) is 2. The first kappa shape index (κ1) is 74.4. The summed E-state index contributed by atoms with van der Waals surface area (Å²) in [6.07, 6.45) is 9.00. The van der Waals surface area contributed by atoms with Gasteiger partial charge in [-0.3, -0.25) is 4.79 Å². The SMILES string of the molecule is CC(=O)CC(CO)CO.CC(=O)CCC(O)CO.CC(=O)CCCO.CC(=O)OCCO.CCC(CO)CO.CCCC(O)CO.CCCCO.CCCCOCCC. The van der Waals surface area contributed by atoms with Crippen LogP contribution in [0.2, 0.25) is 0 Å². The summed E-state index contributed by atoms with van der Waals surface area (Å²) in [6.45, 7) is 18.0. The molecule has 2 unspecified atom stereocenters. The number of ketones is 3. The van der Waals surface area contributed by atoms with Crippen molar-refractivity contribution < 1.29 is 84.8 Å². The molecule has 0 bridgehead atoms. The number of esters is 1. The number of ether oxygens (including phenoxy) is 2. The highest BCUT2D eigenvalue weighted by Gasteiger charge is 2.07. The predicted molar refractivity (Wildman–Crippen MR) is 231 cm³/mol. The van der Waals surface area contributed by atoms with E-state index in [1.165, 1.54) is 40.5 Å². The molecule has 0 heterocycles. The zero-order chi connectivity index (χ0) is 47.7. The lowest BCUT2D eigenvalue weighted by molar-refractivity contribution is -0.142. The number of Topliss-reactive ketones (excluding diaryl/α,β-unsaturated/α-hetero) is 3. The van der Waals surface area contributed by atoms with E-state index in [0.29, 0.717) is 38.7 Å². The zero-order valence-corrected chi connectivity index (χ0v) is 38.4. The molecular weight excluding hydrogens is 776 g/mol. The number of aliphatic hydroxyl groups excluding tert-OH is 11. The maximum Gasteiger partial charge on any atom is 0.302 e. The van der Waals surface area contributed by atoms with Gasteiger partial charge in [-0.05, 0) is 65.7 Å². The van der Waals surface area contributed by atoms with Gasteiger partial charge in [-0.1, -0.05) is 53.9 Å². The maximum atomic E-state index is 10.3. The van der Waals surface area contributed by atoms with E-state index < -0.39 is 12.2 Å². The second-order valence-corrected chi connectivity index (χ2v) is 13.1. The molecule has 17 nitrogen and oxygen atoms in total. The van der Waals surface area contributed by atoms with Crippen molar-refractivity contribution in [2.45, 2.75) is 158 Å². The van der Waals surface area contributed by atoms with Crippen LogP contribution < -0.4 is 0 Å². The van der Waals surface area contributed by atoms with Gasteiger partial charge in [0.2, 0.25) is 0 Å². The van der Waals surface area contributed by atoms with Crippen molar-refractivity contribution >= 4 is 23.3 Å². The van der Waals surface area contributed by atoms with Crippen molar-refractivity contribution in [1.82, 2.24) is 0 Å². The van der Waals surface area contributed by atoms with E-state index in [1.807, 2.05) is 13.8 Å². The average Bonchev–Trinajstić information content (AvgIpc) is 3.21. The fourth-order valence-electron chi connectivity index (χ4n) is 2.96. The summed E-state index contributed by atoms with van der Waals surface area (Å²) in [4.78, 5) is 40.6. The molecular formula is C42H92O17. The van der Waals surface area contributed by atoms with Gasteiger partial charge in [0.1, 0.15) is 24.0 Å². The Morgan fingerprint density at radius 1 is 0.458 bits per heavy atom. The Labute approximate surface area is 356 Å². The van der Waals surface area contributed by atoms with E-state index in [9.17, 15) is 19.2 Å². The summed E-state index contributed by atoms with van der Waals surface area (Å²) in [5.74, 6) is -0.323. The van der Waals surface area contributed by atoms with Crippen molar-refractivity contribution in [3.05, 3.63) is 0 Å². The van der Waals surface area contributed by atoms with E-state index in [0.717, 1.165) is 45.3 Å². The summed E-state index contributed by atoms with van der Waals surface area (Å²) in [7, 11) is 0. The summed E-state index contributed by atoms with van der Waals surface area (Å²) < 4.78 is 9.53. The lowest BCUT2D eigenvalue weighted by Gasteiger charge is -2.05. The highest BCUT2D eigenvalue weighted by Crippen LogP contribution is 2.00. The third-order valence-corrected chi connectivity index (χ3v) is 6.65. The van der Waals surface area contributed by atoms with Gasteiger partial charge in [-0.25, -0.2) is 0 Å². The largest absolute Gasteiger partial charge is 0.463 e. The lowest BCUT2D eigenvalue weighted by atomic mass is 10.1. The molecule has 362 valence electrons. The average molecular weight is 869 g/mol. The van der Waals surface area contributed by atoms with Gasteiger partial charge in [0.05, 0.1) is 32.0 Å². The van der Waals surface area contributed by atoms with Crippen molar-refractivity contribution in [2.24, 2.45) is 11.8 Å². The van der Waals surface area contributed by atoms with Gasteiger partial charge in [0, 0.05) is 90.9 Å². The van der Waals surface area contributed by atoms with Crippen LogP contribution in [0, 0.1) is 11.8 Å². The minimum absolute atomic E-state index is 0.00287. The van der Waals surface area contributed by atoms with Crippen molar-refractivity contribution in [1.29, 1.82) is 0 Å². The second-order valence-electron chi connectivity index (χ2n) is 13.1. The normalized spacial score (nSPS) is 10.5. The third-order valence-electron chi connectivity index (χ3n) is 6.65. The minimum atomic E-state index is -0.728. The van der Waals surface area contributed by atoms with Crippen molar-refractivity contribution in [3.8, 4) is 0 Å². The quantitative estimate of drug-likeness (QED) is 0.0439. The number of carbonyl (C=O) groups excluding carboxylic acids is 4. The summed E-state index contributed by atoms with van der Waals surface area (Å²) in [5.41, 5.74) is 0. The number of hydrogen-bond donors (Lipinski definition) is 11. The fourth-order valence-corrected chi connectivity index (χ4v) is 2.96. The minimum Gasteiger partial charge on any atom is -0.463 e. The van der Waals surface area contributed by atoms with Crippen LogP contribution in [0.15, 0.2) is 0 Å². The first-order valence-corrected chi connectivity index (χ1v) is 20.9. The summed E-state index contributed by atoms with van der Waals surface area (Å²) in [6, 6.07) is 0. The van der Waals surface area contributed by atoms with Crippen LogP contribution in [0.1, 0.15) is 146 Å². The van der Waals surface area contributed by atoms with Crippen molar-refractivity contribution in [2.75, 3.05) is 79.3 Å². The monoisotopic (exact) mass is 869 g/mol. The molecule has 0 aromatic carbocycles. The van der Waals surface area contributed by atoms with Gasteiger partial charge in [-0.15, -0.1) is 0 Å². The van der Waals surface area contributed by atoms with Crippen LogP contribution in [-0.2, 0) is 28.7 Å². The summed E-state index contributed by atoms with van der Waals surface area (Å²) >= 11 is 0. The molecule has 0 saturated carbocycles. The molecule has 0 amide bonds. The van der Waals surface area contributed by atoms with Gasteiger partial charge in [-0.2, -0.15) is 0 Å². The van der Waals surface area contributed by atoms with Gasteiger partial charge in [0.15, 0.2) is 0 Å². The molecule has 59 heavy (non-hydrogen) atoms. The number of hydrogen-bond acceptors (Lipinski definition) is 17. The Hall–Kier alpha value is -2.00. The molecule has 0 fully saturated rings. The van der Waals surface area contributed by atoms with Crippen LogP contribution in [0.4, 0.5) is 0 Å². The standard InChI is InChI=1S/C7H16O.2C6H12O3.C5H10O2.2C5H12O2.C4H8O3.C4H10O/c1-3-5-7-8-6-4-2;1-5(9)2-6(3-7)4-8;1-5(8)2-3-6(9)4-7;1-5(7)3-2-4-6;1-2-5(3-6)4-7;1-2-3-5(7)4-6;1-4(6)7-3-2-5;1-2-3-4-5/h3-7H2,1-2H3;6-8H,2-4H2,1H3;6-7,9H,2-4H2,1H3;6H,2-4H2,1H3;2*5-7H,2-4H2,1H3;5H,2-3H2,1H3;5H,2-4H2,1H3. The van der Waals surface area contributed by atoms with E-state index in [4.69, 9.17) is 60.9 Å². The van der Waals surface area contributed by atoms with E-state index in [-0.39, 0.29) is 101 Å². The van der Waals surface area contributed by atoms with Gasteiger partial charge in [0.25, 0.3) is 0 Å². The highest BCUT2D eigenvalue weighted by atomic mass is 16.5. The van der Waals surface area contributed by atoms with Crippen LogP contribution >= 0.6 is 0 Å². The summed E-state index contributed by atoms with van der Waals surface area (Å²) in [5, 5.41) is 91.7. The van der Waals surface area contributed by atoms with E-state index in [2.05, 4.69) is 25.5 Å². The molecule has 0 aliphatic heterocycles. The molecule has 11 N–H and O–H groups in total. The second kappa shape index (κ2) is 70.6. The van der Waals surface area contributed by atoms with Crippen molar-refractivity contribution in [3.63, 3.8) is 0 Å². The Kier molecular flexibility index (Phi) is 89.0. The smallest absolute Gasteiger partial charge is 0.302 e. The van der Waals surface area contributed by atoms with E-state index in [1.54, 1.807) is 0 Å². The Morgan fingerprint density at radius 3 is 1.10 bits per heavy atom. The third kappa shape index (κ3) is 107. The molecule has 0 aliphatic carbocycles. The Morgan fingerprint density at radius 2 is 0.915 bits per heavy atom. The number of aliphatic hydroxyl groups is 11. The maximum absolute atomic E-state index is 10.3. The van der Waals surface area contributed by atoms with Crippen LogP contribution in [0.5, 0.6) is 0 Å². The molecule has 0 saturated heterocycles. The van der Waals surface area contributed by atoms with E-state index >= 15 is 0 Å². The molecule has 0 aromatic heterocycles.